The summed E-state index contributed by atoms with van der Waals surface area (Å²) >= 11 is 0. The summed E-state index contributed by atoms with van der Waals surface area (Å²) in [5.74, 6) is 0.935. The molecule has 0 aliphatic rings. The van der Waals surface area contributed by atoms with E-state index in [-0.39, 0.29) is 0 Å². The molecule has 1 aromatic rings. The van der Waals surface area contributed by atoms with E-state index < -0.39 is 0 Å². The van der Waals surface area contributed by atoms with Crippen molar-refractivity contribution in [1.29, 1.82) is 0 Å². The van der Waals surface area contributed by atoms with Gasteiger partial charge in [-0.3, -0.25) is 0 Å². The van der Waals surface area contributed by atoms with Crippen molar-refractivity contribution in [2.45, 2.75) is 13.3 Å². The summed E-state index contributed by atoms with van der Waals surface area (Å²) in [5.41, 5.74) is 1.12. The highest BCUT2D eigenvalue weighted by molar-refractivity contribution is 5.48. The number of rotatable bonds is 7. The summed E-state index contributed by atoms with van der Waals surface area (Å²) in [6.07, 6.45) is 2.90. The molecule has 0 aromatic heterocycles. The highest BCUT2D eigenvalue weighted by Gasteiger charge is 1.96. The van der Waals surface area contributed by atoms with Crippen molar-refractivity contribution in [2.24, 2.45) is 0 Å². The first-order valence-electron chi connectivity index (χ1n) is 5.80. The van der Waals surface area contributed by atoms with Crippen molar-refractivity contribution in [3.05, 3.63) is 36.4 Å². The lowest BCUT2D eigenvalue weighted by Gasteiger charge is -2.13. The first kappa shape index (κ1) is 12.8. The number of nitrogens with zero attached hydrogens (tertiary/aromatic N) is 1. The van der Waals surface area contributed by atoms with Crippen LogP contribution in [0.1, 0.15) is 18.9 Å². The zero-order chi connectivity index (χ0) is 11.8. The Morgan fingerprint density at radius 1 is 1.31 bits per heavy atom. The average molecular weight is 219 g/mol. The molecule has 0 saturated heterocycles. The van der Waals surface area contributed by atoms with E-state index >= 15 is 0 Å². The van der Waals surface area contributed by atoms with E-state index in [2.05, 4.69) is 25.5 Å². The third-order valence-corrected chi connectivity index (χ3v) is 2.61. The van der Waals surface area contributed by atoms with Crippen molar-refractivity contribution in [3.8, 4) is 5.75 Å². The number of benzene rings is 1. The van der Waals surface area contributed by atoms with Gasteiger partial charge in [-0.1, -0.05) is 31.7 Å². The molecule has 0 aliphatic heterocycles. The van der Waals surface area contributed by atoms with Crippen molar-refractivity contribution in [2.75, 3.05) is 26.7 Å². The number of ether oxygens (including phenoxy) is 1. The van der Waals surface area contributed by atoms with Crippen LogP contribution in [0, 0.1) is 0 Å². The van der Waals surface area contributed by atoms with Crippen LogP contribution in [-0.2, 0) is 0 Å². The van der Waals surface area contributed by atoms with Crippen LogP contribution >= 0.6 is 0 Å². The predicted molar refractivity (Wildman–Crippen MR) is 69.8 cm³/mol. The van der Waals surface area contributed by atoms with Gasteiger partial charge in [-0.25, -0.2) is 0 Å². The van der Waals surface area contributed by atoms with Gasteiger partial charge in [0, 0.05) is 6.54 Å². The molecule has 0 fully saturated rings. The molecule has 0 heterocycles. The normalized spacial score (nSPS) is 10.4. The maximum Gasteiger partial charge on any atom is 0.119 e. The predicted octanol–water partition coefficient (Wildman–Crippen LogP) is 3.05. The summed E-state index contributed by atoms with van der Waals surface area (Å²) in [5, 5.41) is 0. The first-order chi connectivity index (χ1) is 7.76. The summed E-state index contributed by atoms with van der Waals surface area (Å²) in [6.45, 7) is 8.83. The Balaban J connectivity index is 2.24. The molecular weight excluding hydrogens is 198 g/mol. The van der Waals surface area contributed by atoms with Gasteiger partial charge in [0.05, 0.1) is 6.61 Å². The molecule has 0 amide bonds. The Kier molecular flexibility index (Phi) is 5.65. The lowest BCUT2D eigenvalue weighted by molar-refractivity contribution is 0.268. The van der Waals surface area contributed by atoms with E-state index in [1.807, 2.05) is 30.3 Å². The molecule has 0 N–H and O–H groups in total. The Morgan fingerprint density at radius 2 is 2.00 bits per heavy atom. The van der Waals surface area contributed by atoms with Crippen molar-refractivity contribution >= 4 is 6.08 Å². The quantitative estimate of drug-likeness (QED) is 0.653. The Hall–Kier alpha value is -1.28. The fourth-order valence-electron chi connectivity index (χ4n) is 1.38. The summed E-state index contributed by atoms with van der Waals surface area (Å²) in [7, 11) is 2.12. The number of hydrogen-bond acceptors (Lipinski definition) is 2. The molecule has 0 bridgehead atoms. The Morgan fingerprint density at radius 3 is 2.56 bits per heavy atom. The molecule has 88 valence electrons. The van der Waals surface area contributed by atoms with Crippen molar-refractivity contribution in [3.63, 3.8) is 0 Å². The second-order valence-corrected chi connectivity index (χ2v) is 3.87. The number of hydrogen-bond donors (Lipinski definition) is 0. The Labute approximate surface area is 98.5 Å². The standard InChI is InChI=1S/C14H21NO/c1-4-13-7-9-14(10-8-13)16-12-6-11-15(3)5-2/h4,7-10H,1,5-6,11-12H2,2-3H3. The molecule has 1 rings (SSSR count). The molecular formula is C14H21NO. The topological polar surface area (TPSA) is 12.5 Å². The largest absolute Gasteiger partial charge is 0.494 e. The molecule has 2 heteroatoms. The van der Waals surface area contributed by atoms with Crippen LogP contribution in [0.2, 0.25) is 0 Å². The summed E-state index contributed by atoms with van der Waals surface area (Å²) in [4.78, 5) is 2.28. The van der Waals surface area contributed by atoms with Gasteiger partial charge in [-0.2, -0.15) is 0 Å². The van der Waals surface area contributed by atoms with E-state index in [9.17, 15) is 0 Å². The van der Waals surface area contributed by atoms with Crippen LogP contribution < -0.4 is 4.74 Å². The molecule has 2 nitrogen and oxygen atoms in total. The minimum absolute atomic E-state index is 0.776. The van der Waals surface area contributed by atoms with E-state index in [0.717, 1.165) is 37.4 Å². The molecule has 0 atom stereocenters. The molecule has 0 radical (unpaired) electrons. The van der Waals surface area contributed by atoms with Gasteiger partial charge < -0.3 is 9.64 Å². The average Bonchev–Trinajstić information content (AvgIpc) is 2.35. The summed E-state index contributed by atoms with van der Waals surface area (Å²) in [6, 6.07) is 8.00. The van der Waals surface area contributed by atoms with Gasteiger partial charge in [0.1, 0.15) is 5.75 Å². The fraction of sp³-hybridized carbons (Fsp3) is 0.429. The zero-order valence-corrected chi connectivity index (χ0v) is 10.3. The summed E-state index contributed by atoms with van der Waals surface area (Å²) < 4.78 is 5.64. The van der Waals surface area contributed by atoms with Crippen molar-refractivity contribution < 1.29 is 4.74 Å². The van der Waals surface area contributed by atoms with Gasteiger partial charge in [0.25, 0.3) is 0 Å². The van der Waals surface area contributed by atoms with E-state index in [1.54, 1.807) is 0 Å². The third-order valence-electron chi connectivity index (χ3n) is 2.61. The zero-order valence-electron chi connectivity index (χ0n) is 10.3. The van der Waals surface area contributed by atoms with Crippen LogP contribution in [0.3, 0.4) is 0 Å². The van der Waals surface area contributed by atoms with Crippen LogP contribution in [0.4, 0.5) is 0 Å². The van der Waals surface area contributed by atoms with Crippen LogP contribution in [0.25, 0.3) is 6.08 Å². The molecule has 0 unspecified atom stereocenters. The Bertz CT molecular complexity index is 305. The van der Waals surface area contributed by atoms with Crippen molar-refractivity contribution in [1.82, 2.24) is 4.90 Å². The molecule has 1 aromatic carbocycles. The fourth-order valence-corrected chi connectivity index (χ4v) is 1.38. The molecule has 0 aliphatic carbocycles. The van der Waals surface area contributed by atoms with Gasteiger partial charge in [0.15, 0.2) is 0 Å². The molecule has 0 spiro atoms. The van der Waals surface area contributed by atoms with Gasteiger partial charge in [-0.05, 0) is 37.7 Å². The maximum absolute atomic E-state index is 5.64. The lowest BCUT2D eigenvalue weighted by atomic mass is 10.2. The highest BCUT2D eigenvalue weighted by Crippen LogP contribution is 2.12. The van der Waals surface area contributed by atoms with E-state index in [4.69, 9.17) is 4.74 Å². The smallest absolute Gasteiger partial charge is 0.119 e. The monoisotopic (exact) mass is 219 g/mol. The van der Waals surface area contributed by atoms with E-state index in [0.29, 0.717) is 0 Å². The maximum atomic E-state index is 5.64. The molecule has 16 heavy (non-hydrogen) atoms. The lowest BCUT2D eigenvalue weighted by Crippen LogP contribution is -2.20. The first-order valence-corrected chi connectivity index (χ1v) is 5.80. The minimum atomic E-state index is 0.776. The SMILES string of the molecule is C=Cc1ccc(OCCCN(C)CC)cc1. The van der Waals surface area contributed by atoms with Crippen LogP contribution in [0.5, 0.6) is 5.75 Å². The van der Waals surface area contributed by atoms with Crippen LogP contribution in [0.15, 0.2) is 30.8 Å². The van der Waals surface area contributed by atoms with E-state index in [1.165, 1.54) is 0 Å². The molecule has 0 saturated carbocycles. The second-order valence-electron chi connectivity index (χ2n) is 3.87. The highest BCUT2D eigenvalue weighted by atomic mass is 16.5. The van der Waals surface area contributed by atoms with Crippen LogP contribution in [-0.4, -0.2) is 31.6 Å². The second kappa shape index (κ2) is 7.07. The van der Waals surface area contributed by atoms with Gasteiger partial charge in [0.2, 0.25) is 0 Å². The third kappa shape index (κ3) is 4.49. The minimum Gasteiger partial charge on any atom is -0.494 e. The van der Waals surface area contributed by atoms with Gasteiger partial charge >= 0.3 is 0 Å². The van der Waals surface area contributed by atoms with Gasteiger partial charge in [-0.15, -0.1) is 0 Å².